The van der Waals surface area contributed by atoms with Gasteiger partial charge in [0, 0.05) is 27.7 Å². The van der Waals surface area contributed by atoms with E-state index in [1.807, 2.05) is 55.5 Å². The van der Waals surface area contributed by atoms with Crippen molar-refractivity contribution in [2.75, 3.05) is 37.4 Å². The highest BCUT2D eigenvalue weighted by atomic mass is 79.9. The minimum Gasteiger partial charge on any atom is -0.491 e. The maximum atomic E-state index is 12.6. The van der Waals surface area contributed by atoms with Gasteiger partial charge in [0.25, 0.3) is 0 Å². The zero-order chi connectivity index (χ0) is 26.0. The van der Waals surface area contributed by atoms with E-state index >= 15 is 0 Å². The zero-order valence-electron chi connectivity index (χ0n) is 21.4. The van der Waals surface area contributed by atoms with Crippen LogP contribution in [0.3, 0.4) is 0 Å². The monoisotopic (exact) mass is 563 g/mol. The van der Waals surface area contributed by atoms with E-state index in [9.17, 15) is 4.79 Å². The highest BCUT2D eigenvalue weighted by Crippen LogP contribution is 2.34. The van der Waals surface area contributed by atoms with Crippen LogP contribution in [0, 0.1) is 5.92 Å². The molecule has 1 amide bonds. The molecule has 194 valence electrons. The lowest BCUT2D eigenvalue weighted by molar-refractivity contribution is -0.111. The lowest BCUT2D eigenvalue weighted by atomic mass is 9.93. The smallest absolute Gasteiger partial charge is 0.248 e. The summed E-state index contributed by atoms with van der Waals surface area (Å²) >= 11 is 3.51. The molecule has 1 fully saturated rings. The number of likely N-dealkylation sites (tertiary alicyclic amines) is 1. The highest BCUT2D eigenvalue weighted by molar-refractivity contribution is 9.10. The summed E-state index contributed by atoms with van der Waals surface area (Å²) in [4.78, 5) is 23.9. The number of fused-ring (bicyclic) bond motifs is 1. The van der Waals surface area contributed by atoms with Crippen LogP contribution in [0.25, 0.3) is 10.9 Å². The molecular weight excluding hydrogens is 530 g/mol. The molecular formula is C29H34BrN5O2. The molecule has 7 nitrogen and oxygen atoms in total. The van der Waals surface area contributed by atoms with Crippen molar-refractivity contribution in [1.29, 1.82) is 0 Å². The van der Waals surface area contributed by atoms with E-state index in [1.165, 1.54) is 38.3 Å². The van der Waals surface area contributed by atoms with E-state index in [0.29, 0.717) is 23.9 Å². The second-order valence-electron chi connectivity index (χ2n) is 9.33. The molecule has 0 spiro atoms. The highest BCUT2D eigenvalue weighted by Gasteiger charge is 2.17. The Kier molecular flexibility index (Phi) is 9.68. The van der Waals surface area contributed by atoms with E-state index in [1.54, 1.807) is 6.08 Å². The third kappa shape index (κ3) is 7.87. The first kappa shape index (κ1) is 26.8. The summed E-state index contributed by atoms with van der Waals surface area (Å²) in [5.74, 6) is 1.78. The van der Waals surface area contributed by atoms with Crippen LogP contribution in [0.5, 0.6) is 5.75 Å². The summed E-state index contributed by atoms with van der Waals surface area (Å²) in [6.45, 7) is 4.83. The molecule has 0 unspecified atom stereocenters. The molecule has 1 aromatic heterocycles. The van der Waals surface area contributed by atoms with Gasteiger partial charge in [0.15, 0.2) is 0 Å². The summed E-state index contributed by atoms with van der Waals surface area (Å²) in [6, 6.07) is 11.6. The molecule has 2 aromatic carbocycles. The van der Waals surface area contributed by atoms with Gasteiger partial charge in [-0.3, -0.25) is 4.79 Å². The van der Waals surface area contributed by atoms with Crippen molar-refractivity contribution in [3.8, 4) is 5.75 Å². The predicted molar refractivity (Wildman–Crippen MR) is 154 cm³/mol. The van der Waals surface area contributed by atoms with E-state index in [0.717, 1.165) is 39.8 Å². The Morgan fingerprint density at radius 3 is 2.81 bits per heavy atom. The lowest BCUT2D eigenvalue weighted by Crippen LogP contribution is -2.30. The van der Waals surface area contributed by atoms with E-state index in [2.05, 4.69) is 48.5 Å². The molecule has 2 N–H and O–H groups in total. The molecule has 1 aliphatic rings. The molecule has 0 atom stereocenters. The van der Waals surface area contributed by atoms with Crippen LogP contribution in [-0.2, 0) is 4.79 Å². The van der Waals surface area contributed by atoms with Crippen LogP contribution in [-0.4, -0.2) is 47.5 Å². The zero-order valence-corrected chi connectivity index (χ0v) is 23.0. The van der Waals surface area contributed by atoms with Gasteiger partial charge in [-0.2, -0.15) is 0 Å². The Hall–Kier alpha value is -3.23. The maximum absolute atomic E-state index is 12.6. The molecule has 8 heteroatoms. The Morgan fingerprint density at radius 2 is 2.03 bits per heavy atom. The number of ether oxygens (including phenoxy) is 1. The Labute approximate surface area is 227 Å². The fourth-order valence-electron chi connectivity index (χ4n) is 4.44. The van der Waals surface area contributed by atoms with E-state index in [4.69, 9.17) is 4.74 Å². The second kappa shape index (κ2) is 13.4. The fourth-order valence-corrected chi connectivity index (χ4v) is 4.84. The number of carbonyl (C=O) groups is 1. The van der Waals surface area contributed by atoms with Crippen LogP contribution in [0.4, 0.5) is 17.2 Å². The number of nitrogens with one attached hydrogen (secondary N) is 2. The third-order valence-corrected chi connectivity index (χ3v) is 6.98. The Bertz CT molecular complexity index is 1270. The van der Waals surface area contributed by atoms with Crippen molar-refractivity contribution in [1.82, 2.24) is 14.9 Å². The molecule has 0 radical (unpaired) electrons. The lowest BCUT2D eigenvalue weighted by Gasteiger charge is -2.28. The minimum absolute atomic E-state index is 0.230. The van der Waals surface area contributed by atoms with Gasteiger partial charge in [-0.15, -0.1) is 0 Å². The van der Waals surface area contributed by atoms with Gasteiger partial charge in [0.1, 0.15) is 17.9 Å². The topological polar surface area (TPSA) is 79.4 Å². The van der Waals surface area contributed by atoms with E-state index < -0.39 is 0 Å². The number of allylic oxidation sites excluding steroid dienone is 3. The molecule has 37 heavy (non-hydrogen) atoms. The normalized spacial score (nSPS) is 15.0. The largest absolute Gasteiger partial charge is 0.491 e. The number of piperidine rings is 1. The molecule has 1 saturated heterocycles. The maximum Gasteiger partial charge on any atom is 0.248 e. The van der Waals surface area contributed by atoms with Gasteiger partial charge >= 0.3 is 0 Å². The van der Waals surface area contributed by atoms with Gasteiger partial charge in [-0.25, -0.2) is 9.97 Å². The molecule has 2 heterocycles. The molecule has 1 aliphatic heterocycles. The summed E-state index contributed by atoms with van der Waals surface area (Å²) in [6.07, 6.45) is 13.0. The Morgan fingerprint density at radius 1 is 1.19 bits per heavy atom. The van der Waals surface area contributed by atoms with Crippen LogP contribution < -0.4 is 15.4 Å². The molecule has 3 aromatic rings. The van der Waals surface area contributed by atoms with Crippen molar-refractivity contribution in [3.05, 3.63) is 71.5 Å². The first-order valence-electron chi connectivity index (χ1n) is 12.7. The molecule has 0 saturated carbocycles. The number of anilines is 3. The van der Waals surface area contributed by atoms with Gasteiger partial charge in [-0.1, -0.05) is 40.2 Å². The average molecular weight is 565 g/mol. The number of rotatable bonds is 10. The number of nitrogens with zero attached hydrogens (tertiary/aromatic N) is 3. The minimum atomic E-state index is -0.230. The number of hydrogen-bond donors (Lipinski definition) is 2. The van der Waals surface area contributed by atoms with Crippen molar-refractivity contribution in [2.24, 2.45) is 5.92 Å². The second-order valence-corrected chi connectivity index (χ2v) is 10.3. The van der Waals surface area contributed by atoms with Crippen LogP contribution in [0.15, 0.2) is 71.5 Å². The van der Waals surface area contributed by atoms with Crippen molar-refractivity contribution in [2.45, 2.75) is 32.6 Å². The predicted octanol–water partition coefficient (Wildman–Crippen LogP) is 6.71. The van der Waals surface area contributed by atoms with Crippen LogP contribution >= 0.6 is 15.9 Å². The summed E-state index contributed by atoms with van der Waals surface area (Å²) in [7, 11) is 2.19. The first-order valence-corrected chi connectivity index (χ1v) is 13.5. The summed E-state index contributed by atoms with van der Waals surface area (Å²) in [5, 5.41) is 7.12. The average Bonchev–Trinajstić information content (AvgIpc) is 2.88. The van der Waals surface area contributed by atoms with Crippen LogP contribution in [0.1, 0.15) is 32.6 Å². The van der Waals surface area contributed by atoms with Gasteiger partial charge < -0.3 is 20.3 Å². The molecule has 0 bridgehead atoms. The quantitative estimate of drug-likeness (QED) is 0.162. The number of benzene rings is 2. The number of amides is 1. The SMILES string of the molecule is CC=CC=CC(=O)Nc1cc2c(Nc3cccc(Br)c3)ncnc2cc1OCCCC1CCN(C)CC1. The molecule has 4 rings (SSSR count). The van der Waals surface area contributed by atoms with Crippen molar-refractivity contribution >= 4 is 49.9 Å². The Balaban J connectivity index is 1.54. The first-order chi connectivity index (χ1) is 18.0. The van der Waals surface area contributed by atoms with E-state index in [-0.39, 0.29) is 5.91 Å². The number of halogens is 1. The van der Waals surface area contributed by atoms with Crippen molar-refractivity contribution in [3.63, 3.8) is 0 Å². The summed E-state index contributed by atoms with van der Waals surface area (Å²) in [5.41, 5.74) is 2.22. The van der Waals surface area contributed by atoms with Crippen molar-refractivity contribution < 1.29 is 9.53 Å². The van der Waals surface area contributed by atoms with Gasteiger partial charge in [-0.05, 0) is 82.9 Å². The molecule has 0 aliphatic carbocycles. The van der Waals surface area contributed by atoms with Gasteiger partial charge in [0.05, 0.1) is 17.8 Å². The van der Waals surface area contributed by atoms with Crippen LogP contribution in [0.2, 0.25) is 0 Å². The summed E-state index contributed by atoms with van der Waals surface area (Å²) < 4.78 is 7.17. The number of aromatic nitrogens is 2. The number of carbonyl (C=O) groups excluding carboxylic acids is 1. The fraction of sp³-hybridized carbons (Fsp3) is 0.345. The third-order valence-electron chi connectivity index (χ3n) is 6.49. The van der Waals surface area contributed by atoms with Gasteiger partial charge in [0.2, 0.25) is 5.91 Å². The standard InChI is InChI=1S/C29H34BrN5O2/c1-3-4-5-11-28(36)34-26-18-24-25(31-20-32-29(24)33-23-10-6-9-22(30)17-23)19-27(26)37-16-7-8-21-12-14-35(2)15-13-21/h3-6,9-11,17-21H,7-8,12-16H2,1-2H3,(H,34,36)(H,31,32,33). The number of hydrogen-bond acceptors (Lipinski definition) is 6.